The third-order valence-electron chi connectivity index (χ3n) is 4.01. The third kappa shape index (κ3) is 1.61. The minimum atomic E-state index is -0.525. The van der Waals surface area contributed by atoms with Crippen molar-refractivity contribution in [2.24, 2.45) is 5.11 Å². The number of aryl methyl sites for hydroxylation is 1. The van der Waals surface area contributed by atoms with Crippen LogP contribution in [0.15, 0.2) is 20.9 Å². The number of aromatic nitrogens is 2. The second-order valence-electron chi connectivity index (χ2n) is 5.11. The van der Waals surface area contributed by atoms with Crippen LogP contribution in [0.1, 0.15) is 24.4 Å². The molecule has 1 saturated heterocycles. The molecule has 19 heavy (non-hydrogen) atoms. The molecular formula is C11H13N5O3. The molecular weight excluding hydrogens is 250 g/mol. The highest BCUT2D eigenvalue weighted by atomic mass is 16.5. The van der Waals surface area contributed by atoms with Gasteiger partial charge in [0.05, 0.1) is 18.8 Å². The van der Waals surface area contributed by atoms with Crippen molar-refractivity contribution >= 4 is 0 Å². The number of fused-ring (bicyclic) bond motifs is 1. The predicted octanol–water partition coefficient (Wildman–Crippen LogP) is 0.628. The van der Waals surface area contributed by atoms with Crippen molar-refractivity contribution in [1.82, 2.24) is 9.55 Å². The first kappa shape index (κ1) is 12.0. The highest BCUT2D eigenvalue weighted by Crippen LogP contribution is 2.48. The Kier molecular flexibility index (Phi) is 2.51. The zero-order valence-corrected chi connectivity index (χ0v) is 10.4. The van der Waals surface area contributed by atoms with Gasteiger partial charge in [0, 0.05) is 16.7 Å². The molecule has 8 heteroatoms. The van der Waals surface area contributed by atoms with E-state index < -0.39 is 11.2 Å². The van der Waals surface area contributed by atoms with Gasteiger partial charge in [0.2, 0.25) is 0 Å². The molecule has 1 aliphatic heterocycles. The van der Waals surface area contributed by atoms with E-state index in [0.29, 0.717) is 25.0 Å². The van der Waals surface area contributed by atoms with E-state index >= 15 is 0 Å². The average molecular weight is 263 g/mol. The number of hydrogen-bond acceptors (Lipinski definition) is 4. The Labute approximate surface area is 107 Å². The van der Waals surface area contributed by atoms with Crippen molar-refractivity contribution in [1.29, 1.82) is 0 Å². The number of rotatable bonds is 2. The van der Waals surface area contributed by atoms with Crippen molar-refractivity contribution in [2.75, 3.05) is 6.61 Å². The lowest BCUT2D eigenvalue weighted by atomic mass is 9.91. The Morgan fingerprint density at radius 1 is 1.63 bits per heavy atom. The summed E-state index contributed by atoms with van der Waals surface area (Å²) in [6.45, 7) is 2.04. The molecule has 3 rings (SSSR count). The summed E-state index contributed by atoms with van der Waals surface area (Å²) in [6.07, 6.45) is 2.64. The van der Waals surface area contributed by atoms with E-state index in [9.17, 15) is 9.59 Å². The summed E-state index contributed by atoms with van der Waals surface area (Å²) >= 11 is 0. The van der Waals surface area contributed by atoms with Gasteiger partial charge in [-0.05, 0) is 25.3 Å². The van der Waals surface area contributed by atoms with E-state index in [1.54, 1.807) is 13.1 Å². The Morgan fingerprint density at radius 3 is 3.05 bits per heavy atom. The van der Waals surface area contributed by atoms with Crippen molar-refractivity contribution in [3.05, 3.63) is 43.0 Å². The van der Waals surface area contributed by atoms with E-state index in [0.717, 1.165) is 0 Å². The second kappa shape index (κ2) is 3.97. The zero-order chi connectivity index (χ0) is 13.6. The molecule has 0 radical (unpaired) electrons. The van der Waals surface area contributed by atoms with Gasteiger partial charge >= 0.3 is 5.69 Å². The molecule has 2 heterocycles. The lowest BCUT2D eigenvalue weighted by Gasteiger charge is -2.43. The molecule has 0 unspecified atom stereocenters. The molecule has 0 spiro atoms. The van der Waals surface area contributed by atoms with Gasteiger partial charge in [-0.2, -0.15) is 0 Å². The molecule has 1 aromatic rings. The number of hydrogen-bond donors (Lipinski definition) is 1. The maximum Gasteiger partial charge on any atom is 0.328 e. The first-order valence-corrected chi connectivity index (χ1v) is 6.07. The first-order valence-electron chi connectivity index (χ1n) is 6.07. The number of H-pyrrole nitrogens is 1. The third-order valence-corrected chi connectivity index (χ3v) is 4.01. The molecule has 1 N–H and O–H groups in total. The maximum absolute atomic E-state index is 11.9. The second-order valence-corrected chi connectivity index (χ2v) is 5.11. The van der Waals surface area contributed by atoms with Crippen LogP contribution in [-0.2, 0) is 4.74 Å². The topological polar surface area (TPSA) is 113 Å². The summed E-state index contributed by atoms with van der Waals surface area (Å²) < 4.78 is 6.97. The average Bonchev–Trinajstić information content (AvgIpc) is 2.58. The number of nitrogens with zero attached hydrogens (tertiary/aromatic N) is 4. The summed E-state index contributed by atoms with van der Waals surface area (Å²) in [5.41, 5.74) is 7.74. The Balaban J connectivity index is 2.02. The molecule has 0 amide bonds. The SMILES string of the molecule is Cc1cn([C@H]2CC[C@@]3(N=[N+]=[N-])CO[C@@H]23)c(=O)[nH]c1=O. The van der Waals surface area contributed by atoms with Gasteiger partial charge < -0.3 is 4.74 Å². The lowest BCUT2D eigenvalue weighted by Crippen LogP contribution is -2.56. The van der Waals surface area contributed by atoms with Gasteiger partial charge in [0.1, 0.15) is 5.54 Å². The quantitative estimate of drug-likeness (QED) is 0.479. The van der Waals surface area contributed by atoms with Gasteiger partial charge in [-0.15, -0.1) is 0 Å². The Hall–Kier alpha value is -2.05. The number of aromatic amines is 1. The fraction of sp³-hybridized carbons (Fsp3) is 0.636. The summed E-state index contributed by atoms with van der Waals surface area (Å²) in [7, 11) is 0. The minimum absolute atomic E-state index is 0.192. The smallest absolute Gasteiger partial charge is 0.328 e. The molecule has 3 atom stereocenters. The molecule has 2 fully saturated rings. The summed E-state index contributed by atoms with van der Waals surface area (Å²) in [6, 6.07) is -0.192. The zero-order valence-electron chi connectivity index (χ0n) is 10.4. The molecule has 0 aromatic carbocycles. The molecule has 2 aliphatic rings. The van der Waals surface area contributed by atoms with Crippen LogP contribution in [0.3, 0.4) is 0 Å². The van der Waals surface area contributed by atoms with Crippen LogP contribution in [0, 0.1) is 6.92 Å². The maximum atomic E-state index is 11.9. The van der Waals surface area contributed by atoms with Gasteiger partial charge in [0.15, 0.2) is 0 Å². The van der Waals surface area contributed by atoms with E-state index in [-0.39, 0.29) is 17.7 Å². The van der Waals surface area contributed by atoms with Crippen LogP contribution in [0.25, 0.3) is 10.4 Å². The van der Waals surface area contributed by atoms with Gasteiger partial charge in [0.25, 0.3) is 5.56 Å². The number of nitrogens with one attached hydrogen (secondary N) is 1. The standard InChI is InChI=1S/C11H13N5O3/c1-6-4-16(10(18)13-9(6)17)7-2-3-11(14-15-12)5-19-8(7)11/h4,7-8H,2-3,5H2,1H3,(H,13,17,18)/t7-,8-,11+/m0/s1. The van der Waals surface area contributed by atoms with E-state index in [4.69, 9.17) is 10.3 Å². The fourth-order valence-electron chi connectivity index (χ4n) is 2.95. The van der Waals surface area contributed by atoms with Crippen molar-refractivity contribution < 1.29 is 4.74 Å². The van der Waals surface area contributed by atoms with Gasteiger partial charge in [-0.3, -0.25) is 14.3 Å². The minimum Gasteiger partial charge on any atom is -0.374 e. The summed E-state index contributed by atoms with van der Waals surface area (Å²) in [4.78, 5) is 28.4. The molecule has 8 nitrogen and oxygen atoms in total. The Morgan fingerprint density at radius 2 is 2.42 bits per heavy atom. The van der Waals surface area contributed by atoms with Crippen molar-refractivity contribution in [2.45, 2.75) is 37.5 Å². The fourth-order valence-corrected chi connectivity index (χ4v) is 2.95. The van der Waals surface area contributed by atoms with Crippen LogP contribution in [0.2, 0.25) is 0 Å². The van der Waals surface area contributed by atoms with Gasteiger partial charge in [-0.1, -0.05) is 5.11 Å². The predicted molar refractivity (Wildman–Crippen MR) is 65.9 cm³/mol. The van der Waals surface area contributed by atoms with E-state index in [2.05, 4.69) is 15.0 Å². The molecule has 1 aromatic heterocycles. The van der Waals surface area contributed by atoms with Crippen LogP contribution in [-0.4, -0.2) is 27.8 Å². The van der Waals surface area contributed by atoms with Crippen molar-refractivity contribution in [3.8, 4) is 0 Å². The molecule has 1 aliphatic carbocycles. The van der Waals surface area contributed by atoms with Gasteiger partial charge in [-0.25, -0.2) is 4.79 Å². The largest absolute Gasteiger partial charge is 0.374 e. The van der Waals surface area contributed by atoms with Crippen LogP contribution >= 0.6 is 0 Å². The van der Waals surface area contributed by atoms with E-state index in [1.807, 2.05) is 0 Å². The molecule has 100 valence electrons. The summed E-state index contributed by atoms with van der Waals surface area (Å²) in [5, 5.41) is 3.84. The highest BCUT2D eigenvalue weighted by Gasteiger charge is 2.57. The van der Waals surface area contributed by atoms with E-state index in [1.165, 1.54) is 4.57 Å². The van der Waals surface area contributed by atoms with Crippen LogP contribution in [0.4, 0.5) is 0 Å². The van der Waals surface area contributed by atoms with Crippen molar-refractivity contribution in [3.63, 3.8) is 0 Å². The molecule has 0 bridgehead atoms. The molecule has 1 saturated carbocycles. The number of ether oxygens (including phenoxy) is 1. The van der Waals surface area contributed by atoms with Crippen LogP contribution < -0.4 is 11.2 Å². The highest BCUT2D eigenvalue weighted by molar-refractivity contribution is 5.14. The first-order chi connectivity index (χ1) is 9.07. The number of azide groups is 1. The summed E-state index contributed by atoms with van der Waals surface area (Å²) in [5.74, 6) is 0. The normalized spacial score (nSPS) is 32.3. The lowest BCUT2D eigenvalue weighted by molar-refractivity contribution is -0.128. The monoisotopic (exact) mass is 263 g/mol. The Bertz CT molecular complexity index is 686. The van der Waals surface area contributed by atoms with Crippen LogP contribution in [0.5, 0.6) is 0 Å².